The zero-order valence-electron chi connectivity index (χ0n) is 14.4. The summed E-state index contributed by atoms with van der Waals surface area (Å²) in [7, 11) is 1.72. The smallest absolute Gasteiger partial charge is 0.250 e. The summed E-state index contributed by atoms with van der Waals surface area (Å²) in [5, 5.41) is 0. The van der Waals surface area contributed by atoms with Crippen molar-refractivity contribution in [2.24, 2.45) is 12.5 Å². The minimum absolute atomic E-state index is 0.0475. The number of aromatic nitrogens is 1. The first kappa shape index (κ1) is 16.2. The van der Waals surface area contributed by atoms with E-state index in [4.69, 9.17) is 0 Å². The zero-order chi connectivity index (χ0) is 16.6. The number of hydrogen-bond acceptors (Lipinski definition) is 3. The molecule has 1 amide bonds. The van der Waals surface area contributed by atoms with Crippen LogP contribution < -0.4 is 10.5 Å². The Kier molecular flexibility index (Phi) is 4.32. The zero-order valence-corrected chi connectivity index (χ0v) is 14.4. The van der Waals surface area contributed by atoms with E-state index in [0.29, 0.717) is 6.04 Å². The lowest BCUT2D eigenvalue weighted by atomic mass is 9.71. The number of β-lactam (4-membered cyclic amide) rings is 1. The van der Waals surface area contributed by atoms with Gasteiger partial charge in [-0.2, -0.15) is 0 Å². The van der Waals surface area contributed by atoms with Crippen LogP contribution in [0.25, 0.3) is 0 Å². The maximum Gasteiger partial charge on any atom is 0.250 e. The normalized spacial score (nSPS) is 26.4. The molecule has 2 saturated heterocycles. The van der Waals surface area contributed by atoms with Gasteiger partial charge < -0.3 is 9.47 Å². The van der Waals surface area contributed by atoms with Gasteiger partial charge in [-0.1, -0.05) is 13.3 Å². The van der Waals surface area contributed by atoms with Crippen LogP contribution in [-0.2, 0) is 11.8 Å². The maximum absolute atomic E-state index is 12.9. The van der Waals surface area contributed by atoms with Crippen LogP contribution in [0.15, 0.2) is 23.1 Å². The highest BCUT2D eigenvalue weighted by Crippen LogP contribution is 2.43. The van der Waals surface area contributed by atoms with Gasteiger partial charge in [0.05, 0.1) is 11.1 Å². The summed E-state index contributed by atoms with van der Waals surface area (Å²) in [4.78, 5) is 28.7. The second kappa shape index (κ2) is 6.11. The molecule has 0 N–H and O–H groups in total. The monoisotopic (exact) mass is 317 g/mol. The molecule has 126 valence electrons. The van der Waals surface area contributed by atoms with E-state index >= 15 is 0 Å². The summed E-state index contributed by atoms with van der Waals surface area (Å²) >= 11 is 0. The van der Waals surface area contributed by atoms with Crippen LogP contribution in [0.4, 0.5) is 5.69 Å². The van der Waals surface area contributed by atoms with Crippen molar-refractivity contribution in [3.8, 4) is 0 Å². The molecule has 1 aromatic heterocycles. The molecule has 0 bridgehead atoms. The van der Waals surface area contributed by atoms with Gasteiger partial charge in [-0.25, -0.2) is 0 Å². The van der Waals surface area contributed by atoms with Gasteiger partial charge in [-0.3, -0.25) is 14.5 Å². The number of hydrogen-bond donors (Lipinski definition) is 0. The Balaban J connectivity index is 1.72. The van der Waals surface area contributed by atoms with E-state index in [1.165, 1.54) is 23.5 Å². The molecule has 1 spiro atoms. The molecule has 0 radical (unpaired) electrons. The second-order valence-electron chi connectivity index (χ2n) is 7.22. The molecule has 3 rings (SSSR count). The molecule has 23 heavy (non-hydrogen) atoms. The van der Waals surface area contributed by atoms with Gasteiger partial charge in [0.15, 0.2) is 0 Å². The van der Waals surface area contributed by atoms with Gasteiger partial charge in [0, 0.05) is 38.4 Å². The van der Waals surface area contributed by atoms with Crippen LogP contribution >= 0.6 is 0 Å². The standard InChI is InChI=1S/C18H27N3O2/c1-4-6-14(2)20-10-5-9-18(12-20)13-21(17(18)23)15-7-8-16(22)19(3)11-15/h7-8,11,14H,4-6,9-10,12-13H2,1-3H3/t14-,18-/m0/s1. The van der Waals surface area contributed by atoms with Crippen molar-refractivity contribution in [3.63, 3.8) is 0 Å². The molecule has 2 aliphatic heterocycles. The SMILES string of the molecule is CCC[C@H](C)N1CCC[C@@]2(CN(c3ccc(=O)n(C)c3)C2=O)C1. The molecule has 0 unspecified atom stereocenters. The van der Waals surface area contributed by atoms with Gasteiger partial charge >= 0.3 is 0 Å². The van der Waals surface area contributed by atoms with Crippen molar-refractivity contribution >= 4 is 11.6 Å². The van der Waals surface area contributed by atoms with Crippen molar-refractivity contribution in [2.45, 2.75) is 45.6 Å². The Hall–Kier alpha value is -1.62. The number of pyridine rings is 1. The summed E-state index contributed by atoms with van der Waals surface area (Å²) in [5.41, 5.74) is 0.588. The van der Waals surface area contributed by atoms with Gasteiger partial charge in [0.25, 0.3) is 0 Å². The first-order valence-corrected chi connectivity index (χ1v) is 8.69. The first-order chi connectivity index (χ1) is 11.0. The van der Waals surface area contributed by atoms with Crippen LogP contribution in [0.3, 0.4) is 0 Å². The predicted molar refractivity (Wildman–Crippen MR) is 91.6 cm³/mol. The molecular formula is C18H27N3O2. The highest BCUT2D eigenvalue weighted by atomic mass is 16.2. The summed E-state index contributed by atoms with van der Waals surface area (Å²) in [6.45, 7) is 7.26. The molecule has 0 aliphatic carbocycles. The number of likely N-dealkylation sites (tertiary alicyclic amines) is 1. The van der Waals surface area contributed by atoms with Crippen LogP contribution in [0.2, 0.25) is 0 Å². The first-order valence-electron chi connectivity index (χ1n) is 8.69. The van der Waals surface area contributed by atoms with Gasteiger partial charge in [0.2, 0.25) is 11.5 Å². The number of carbonyl (C=O) groups is 1. The summed E-state index contributed by atoms with van der Waals surface area (Å²) in [6.07, 6.45) is 6.22. The molecule has 2 atom stereocenters. The Bertz CT molecular complexity index is 654. The molecule has 2 aliphatic rings. The van der Waals surface area contributed by atoms with Crippen LogP contribution in [0, 0.1) is 5.41 Å². The summed E-state index contributed by atoms with van der Waals surface area (Å²) in [5.74, 6) is 0.226. The van der Waals surface area contributed by atoms with E-state index in [2.05, 4.69) is 18.7 Å². The fourth-order valence-electron chi connectivity index (χ4n) is 4.03. The Morgan fingerprint density at radius 2 is 2.04 bits per heavy atom. The average molecular weight is 317 g/mol. The van der Waals surface area contributed by atoms with Crippen molar-refractivity contribution in [3.05, 3.63) is 28.7 Å². The molecule has 2 fully saturated rings. The fourth-order valence-corrected chi connectivity index (χ4v) is 4.03. The van der Waals surface area contributed by atoms with E-state index in [1.807, 2.05) is 4.90 Å². The molecule has 5 heteroatoms. The lowest BCUT2D eigenvalue weighted by Gasteiger charge is -2.54. The highest BCUT2D eigenvalue weighted by molar-refractivity contribution is 6.04. The van der Waals surface area contributed by atoms with E-state index < -0.39 is 0 Å². The van der Waals surface area contributed by atoms with E-state index in [9.17, 15) is 9.59 Å². The molecule has 0 saturated carbocycles. The van der Waals surface area contributed by atoms with Gasteiger partial charge in [0.1, 0.15) is 0 Å². The van der Waals surface area contributed by atoms with Crippen LogP contribution in [0.5, 0.6) is 0 Å². The third-order valence-electron chi connectivity index (χ3n) is 5.48. The lowest BCUT2D eigenvalue weighted by molar-refractivity contribution is -0.140. The minimum Gasteiger partial charge on any atom is -0.317 e. The van der Waals surface area contributed by atoms with Crippen LogP contribution in [0.1, 0.15) is 39.5 Å². The van der Waals surface area contributed by atoms with Crippen molar-refractivity contribution in [2.75, 3.05) is 24.5 Å². The van der Waals surface area contributed by atoms with Crippen molar-refractivity contribution < 1.29 is 4.79 Å². The maximum atomic E-state index is 12.9. The van der Waals surface area contributed by atoms with E-state index in [-0.39, 0.29) is 16.9 Å². The topological polar surface area (TPSA) is 45.5 Å². The predicted octanol–water partition coefficient (Wildman–Crippen LogP) is 2.00. The molecule has 1 aromatic rings. The minimum atomic E-state index is -0.199. The lowest BCUT2D eigenvalue weighted by Crippen LogP contribution is -2.68. The second-order valence-corrected chi connectivity index (χ2v) is 7.22. The quantitative estimate of drug-likeness (QED) is 0.798. The van der Waals surface area contributed by atoms with Gasteiger partial charge in [-0.05, 0) is 38.8 Å². The fraction of sp³-hybridized carbons (Fsp3) is 0.667. The van der Waals surface area contributed by atoms with E-state index in [1.54, 1.807) is 19.3 Å². The Labute approximate surface area is 137 Å². The molecule has 5 nitrogen and oxygen atoms in total. The largest absolute Gasteiger partial charge is 0.317 e. The van der Waals surface area contributed by atoms with Crippen molar-refractivity contribution in [1.29, 1.82) is 0 Å². The third-order valence-corrected chi connectivity index (χ3v) is 5.48. The van der Waals surface area contributed by atoms with Crippen LogP contribution in [-0.4, -0.2) is 41.1 Å². The number of carbonyl (C=O) groups excluding carboxylic acids is 1. The van der Waals surface area contributed by atoms with Gasteiger partial charge in [-0.15, -0.1) is 0 Å². The molecular weight excluding hydrogens is 290 g/mol. The summed E-state index contributed by atoms with van der Waals surface area (Å²) < 4.78 is 1.53. The average Bonchev–Trinajstić information content (AvgIpc) is 2.55. The Morgan fingerprint density at radius 1 is 1.26 bits per heavy atom. The number of amides is 1. The highest BCUT2D eigenvalue weighted by Gasteiger charge is 2.54. The molecule has 3 heterocycles. The number of nitrogens with zero attached hydrogens (tertiary/aromatic N) is 3. The Morgan fingerprint density at radius 3 is 2.70 bits per heavy atom. The molecule has 0 aromatic carbocycles. The third kappa shape index (κ3) is 2.82. The summed E-state index contributed by atoms with van der Waals surface area (Å²) in [6, 6.07) is 3.84. The number of rotatable bonds is 4. The van der Waals surface area contributed by atoms with Crippen molar-refractivity contribution in [1.82, 2.24) is 9.47 Å². The number of anilines is 1. The van der Waals surface area contributed by atoms with E-state index in [0.717, 1.165) is 38.2 Å². The number of aryl methyl sites for hydroxylation is 1. The number of piperidine rings is 1.